The molecular formula is C12H13NO3S. The third-order valence-electron chi connectivity index (χ3n) is 1.80. The van der Waals surface area contributed by atoms with Crippen LogP contribution in [0.4, 0.5) is 5.69 Å². The summed E-state index contributed by atoms with van der Waals surface area (Å²) < 4.78 is 4.63. The van der Waals surface area contributed by atoms with Gasteiger partial charge in [0.05, 0.1) is 17.7 Å². The van der Waals surface area contributed by atoms with Crippen molar-refractivity contribution in [1.29, 1.82) is 0 Å². The van der Waals surface area contributed by atoms with Crippen LogP contribution in [0.1, 0.15) is 28.4 Å². The number of carbonyl (C=O) groups excluding carboxylic acids is 2. The largest absolute Gasteiger partial charge is 0.465 e. The first-order chi connectivity index (χ1) is 8.08. The molecule has 1 rings (SSSR count). The van der Waals surface area contributed by atoms with Gasteiger partial charge in [-0.2, -0.15) is 0 Å². The highest BCUT2D eigenvalue weighted by atomic mass is 32.1. The molecule has 0 fully saturated rings. The molecule has 0 atom stereocenters. The molecule has 1 aromatic rings. The third kappa shape index (κ3) is 3.61. The minimum absolute atomic E-state index is 0.251. The summed E-state index contributed by atoms with van der Waals surface area (Å²) in [6.45, 7) is 3.96. The van der Waals surface area contributed by atoms with E-state index in [1.807, 2.05) is 13.8 Å². The van der Waals surface area contributed by atoms with Crippen LogP contribution in [-0.4, -0.2) is 19.5 Å². The summed E-state index contributed by atoms with van der Waals surface area (Å²) in [5.74, 6) is 5.72. The van der Waals surface area contributed by atoms with E-state index < -0.39 is 5.97 Å². The van der Waals surface area contributed by atoms with Crippen molar-refractivity contribution in [2.45, 2.75) is 13.8 Å². The highest BCUT2D eigenvalue weighted by Crippen LogP contribution is 2.27. The van der Waals surface area contributed by atoms with Gasteiger partial charge in [0.1, 0.15) is 4.88 Å². The predicted molar refractivity (Wildman–Crippen MR) is 67.1 cm³/mol. The van der Waals surface area contributed by atoms with Crippen LogP contribution in [0.2, 0.25) is 0 Å². The summed E-state index contributed by atoms with van der Waals surface area (Å²) in [6, 6.07) is 1.67. The number of esters is 1. The summed E-state index contributed by atoms with van der Waals surface area (Å²) >= 11 is 1.20. The van der Waals surface area contributed by atoms with E-state index in [4.69, 9.17) is 0 Å². The number of anilines is 1. The molecule has 0 spiro atoms. The minimum Gasteiger partial charge on any atom is -0.465 e. The Morgan fingerprint density at radius 2 is 2.29 bits per heavy atom. The van der Waals surface area contributed by atoms with E-state index >= 15 is 0 Å². The van der Waals surface area contributed by atoms with Gasteiger partial charge in [-0.05, 0) is 6.07 Å². The molecule has 17 heavy (non-hydrogen) atoms. The number of carbonyl (C=O) groups is 2. The van der Waals surface area contributed by atoms with E-state index in [2.05, 4.69) is 21.9 Å². The van der Waals surface area contributed by atoms with E-state index in [9.17, 15) is 9.59 Å². The van der Waals surface area contributed by atoms with Gasteiger partial charge in [0.15, 0.2) is 0 Å². The number of methoxy groups -OCH3 is 1. The minimum atomic E-state index is -0.475. The van der Waals surface area contributed by atoms with Crippen LogP contribution in [0.15, 0.2) is 6.07 Å². The van der Waals surface area contributed by atoms with E-state index in [0.717, 1.165) is 4.88 Å². The molecule has 0 bridgehead atoms. The zero-order valence-electron chi connectivity index (χ0n) is 9.87. The van der Waals surface area contributed by atoms with Crippen molar-refractivity contribution < 1.29 is 14.3 Å². The standard InChI is InChI=1S/C12H13NO3S/c1-8(2)4-5-9-6-10(13-7-14)11(17-9)12(15)16-3/h6-8H,1-3H3,(H,13,14). The molecule has 90 valence electrons. The Kier molecular flexibility index (Phi) is 4.73. The fraction of sp³-hybridized carbons (Fsp3) is 0.333. The molecule has 0 unspecified atom stereocenters. The van der Waals surface area contributed by atoms with Crippen molar-refractivity contribution in [3.05, 3.63) is 15.8 Å². The van der Waals surface area contributed by atoms with Crippen molar-refractivity contribution >= 4 is 29.4 Å². The van der Waals surface area contributed by atoms with Gasteiger partial charge in [-0.3, -0.25) is 4.79 Å². The lowest BCUT2D eigenvalue weighted by molar-refractivity contribution is -0.105. The fourth-order valence-corrected chi connectivity index (χ4v) is 1.98. The van der Waals surface area contributed by atoms with E-state index in [1.54, 1.807) is 6.07 Å². The van der Waals surface area contributed by atoms with Crippen molar-refractivity contribution in [3.63, 3.8) is 0 Å². The average molecular weight is 251 g/mol. The van der Waals surface area contributed by atoms with Crippen LogP contribution < -0.4 is 5.32 Å². The van der Waals surface area contributed by atoms with Gasteiger partial charge in [-0.1, -0.05) is 25.7 Å². The Morgan fingerprint density at radius 3 is 2.82 bits per heavy atom. The van der Waals surface area contributed by atoms with E-state index in [-0.39, 0.29) is 5.92 Å². The second-order valence-corrected chi connectivity index (χ2v) is 4.58. The lowest BCUT2D eigenvalue weighted by Crippen LogP contribution is -2.03. The maximum absolute atomic E-state index is 11.4. The normalized spacial score (nSPS) is 9.41. The first kappa shape index (κ1) is 13.3. The lowest BCUT2D eigenvalue weighted by atomic mass is 10.2. The van der Waals surface area contributed by atoms with Crippen molar-refractivity contribution in [3.8, 4) is 11.8 Å². The molecule has 0 aromatic carbocycles. The monoisotopic (exact) mass is 251 g/mol. The second kappa shape index (κ2) is 6.06. The first-order valence-electron chi connectivity index (χ1n) is 5.02. The number of hydrogen-bond acceptors (Lipinski definition) is 4. The van der Waals surface area contributed by atoms with Gasteiger partial charge in [0.2, 0.25) is 6.41 Å². The maximum Gasteiger partial charge on any atom is 0.350 e. The van der Waals surface area contributed by atoms with Crippen LogP contribution in [0, 0.1) is 17.8 Å². The molecule has 0 radical (unpaired) electrons. The van der Waals surface area contributed by atoms with Gasteiger partial charge in [0, 0.05) is 5.92 Å². The molecule has 5 heteroatoms. The molecule has 1 heterocycles. The zero-order valence-corrected chi connectivity index (χ0v) is 10.7. The van der Waals surface area contributed by atoms with Crippen LogP contribution in [0.3, 0.4) is 0 Å². The van der Waals surface area contributed by atoms with Crippen molar-refractivity contribution in [2.24, 2.45) is 5.92 Å². The van der Waals surface area contributed by atoms with Crippen molar-refractivity contribution in [2.75, 3.05) is 12.4 Å². The Hall–Kier alpha value is -1.80. The molecule has 1 N–H and O–H groups in total. The summed E-state index contributed by atoms with van der Waals surface area (Å²) in [7, 11) is 1.30. The highest BCUT2D eigenvalue weighted by molar-refractivity contribution is 7.15. The summed E-state index contributed by atoms with van der Waals surface area (Å²) in [5, 5.41) is 2.46. The molecule has 0 saturated heterocycles. The number of amides is 1. The number of nitrogens with one attached hydrogen (secondary N) is 1. The SMILES string of the molecule is COC(=O)c1sc(C#CC(C)C)cc1NC=O. The number of rotatable bonds is 3. The Labute approximate surface area is 104 Å². The van der Waals surface area contributed by atoms with Gasteiger partial charge < -0.3 is 10.1 Å². The smallest absolute Gasteiger partial charge is 0.350 e. The first-order valence-corrected chi connectivity index (χ1v) is 5.84. The van der Waals surface area contributed by atoms with Crippen LogP contribution in [-0.2, 0) is 9.53 Å². The fourth-order valence-electron chi connectivity index (χ4n) is 1.08. The van der Waals surface area contributed by atoms with E-state index in [1.165, 1.54) is 18.4 Å². The zero-order chi connectivity index (χ0) is 12.8. The average Bonchev–Trinajstić information content (AvgIpc) is 2.69. The van der Waals surface area contributed by atoms with Crippen molar-refractivity contribution in [1.82, 2.24) is 0 Å². The molecule has 4 nitrogen and oxygen atoms in total. The van der Waals surface area contributed by atoms with Crippen LogP contribution >= 0.6 is 11.3 Å². The molecule has 0 aliphatic rings. The molecule has 1 amide bonds. The Balaban J connectivity index is 3.08. The summed E-state index contributed by atoms with van der Waals surface area (Å²) in [5.41, 5.74) is 0.435. The summed E-state index contributed by atoms with van der Waals surface area (Å²) in [4.78, 5) is 22.9. The summed E-state index contributed by atoms with van der Waals surface area (Å²) in [6.07, 6.45) is 0.522. The lowest BCUT2D eigenvalue weighted by Gasteiger charge is -1.98. The van der Waals surface area contributed by atoms with Gasteiger partial charge in [0.25, 0.3) is 0 Å². The quantitative estimate of drug-likeness (QED) is 0.508. The topological polar surface area (TPSA) is 55.4 Å². The van der Waals surface area contributed by atoms with Crippen LogP contribution in [0.25, 0.3) is 0 Å². The Morgan fingerprint density at radius 1 is 1.59 bits per heavy atom. The third-order valence-corrected chi connectivity index (χ3v) is 2.83. The number of thiophene rings is 1. The van der Waals surface area contributed by atoms with Gasteiger partial charge in [-0.15, -0.1) is 11.3 Å². The molecular weight excluding hydrogens is 238 g/mol. The maximum atomic E-state index is 11.4. The van der Waals surface area contributed by atoms with Gasteiger partial charge in [-0.25, -0.2) is 4.79 Å². The molecule has 0 aliphatic carbocycles. The molecule has 0 aliphatic heterocycles. The second-order valence-electron chi connectivity index (χ2n) is 3.53. The molecule has 0 saturated carbocycles. The van der Waals surface area contributed by atoms with E-state index in [0.29, 0.717) is 17.0 Å². The predicted octanol–water partition coefficient (Wildman–Crippen LogP) is 2.11. The Bertz CT molecular complexity index is 480. The molecule has 1 aromatic heterocycles. The van der Waals surface area contributed by atoms with Gasteiger partial charge >= 0.3 is 5.97 Å². The number of ether oxygens (including phenoxy) is 1. The van der Waals surface area contributed by atoms with Crippen LogP contribution in [0.5, 0.6) is 0 Å². The highest BCUT2D eigenvalue weighted by Gasteiger charge is 2.15. The number of hydrogen-bond donors (Lipinski definition) is 1.